The number of ether oxygens (including phenoxy) is 1. The number of Topliss-reactive ketones (excluding diaryl/α,β-unsaturated/α-hetero) is 1. The molecule has 0 aliphatic heterocycles. The van der Waals surface area contributed by atoms with Gasteiger partial charge in [0.1, 0.15) is 23.6 Å². The molecule has 0 bridgehead atoms. The van der Waals surface area contributed by atoms with E-state index in [9.17, 15) is 19.2 Å². The Balaban J connectivity index is 1.49. The van der Waals surface area contributed by atoms with E-state index in [0.29, 0.717) is 16.1 Å². The molecule has 11 nitrogen and oxygen atoms in total. The van der Waals surface area contributed by atoms with Crippen molar-refractivity contribution in [1.82, 2.24) is 19.9 Å². The van der Waals surface area contributed by atoms with Crippen molar-refractivity contribution in [3.63, 3.8) is 0 Å². The van der Waals surface area contributed by atoms with Crippen molar-refractivity contribution < 1.29 is 23.5 Å². The summed E-state index contributed by atoms with van der Waals surface area (Å²) in [6.45, 7) is -0.520. The number of halogens is 1. The van der Waals surface area contributed by atoms with Crippen molar-refractivity contribution in [1.29, 1.82) is 0 Å². The summed E-state index contributed by atoms with van der Waals surface area (Å²) in [6.07, 6.45) is 2.66. The second kappa shape index (κ2) is 11.9. The zero-order chi connectivity index (χ0) is 29.8. The molecule has 3 aromatic carbocycles. The van der Waals surface area contributed by atoms with Gasteiger partial charge in [0.2, 0.25) is 5.91 Å². The molecule has 0 saturated heterocycles. The molecular weight excluding hydrogens is 562 g/mol. The number of aromatic nitrogens is 3. The SMILES string of the molecule is COC(=O)c1ccc2oc(C(=O)C(=Cc3ccccc3)NC(=O)Cn3c(-c4cccc(Cl)c4)ncc(N)c3=O)nc2c1. The Bertz CT molecular complexity index is 1930. The van der Waals surface area contributed by atoms with Crippen LogP contribution in [0.25, 0.3) is 28.6 Å². The van der Waals surface area contributed by atoms with Gasteiger partial charge in [-0.1, -0.05) is 54.1 Å². The number of amides is 1. The molecule has 5 rings (SSSR count). The molecule has 0 radical (unpaired) electrons. The number of benzene rings is 3. The van der Waals surface area contributed by atoms with Crippen LogP contribution in [0.4, 0.5) is 5.69 Å². The molecule has 12 heteroatoms. The number of nitrogens with two attached hydrogens (primary N) is 1. The Kier molecular flexibility index (Phi) is 7.93. The van der Waals surface area contributed by atoms with Crippen LogP contribution in [0, 0.1) is 0 Å². The number of hydrogen-bond donors (Lipinski definition) is 2. The number of methoxy groups -OCH3 is 1. The van der Waals surface area contributed by atoms with E-state index in [-0.39, 0.29) is 39.8 Å². The second-order valence-corrected chi connectivity index (χ2v) is 9.41. The van der Waals surface area contributed by atoms with Crippen LogP contribution in [-0.4, -0.2) is 39.3 Å². The number of nitrogen functional groups attached to an aromatic ring is 1. The molecule has 2 aromatic heterocycles. The number of rotatable bonds is 8. The van der Waals surface area contributed by atoms with Crippen molar-refractivity contribution in [2.45, 2.75) is 6.54 Å². The molecule has 1 amide bonds. The first-order valence-electron chi connectivity index (χ1n) is 12.4. The van der Waals surface area contributed by atoms with Crippen LogP contribution < -0.4 is 16.6 Å². The third-order valence-corrected chi connectivity index (χ3v) is 6.33. The molecule has 0 unspecified atom stereocenters. The molecule has 210 valence electrons. The fourth-order valence-electron chi connectivity index (χ4n) is 4.10. The first-order valence-corrected chi connectivity index (χ1v) is 12.8. The summed E-state index contributed by atoms with van der Waals surface area (Å²) in [4.78, 5) is 60.2. The summed E-state index contributed by atoms with van der Waals surface area (Å²) >= 11 is 6.12. The van der Waals surface area contributed by atoms with Crippen LogP contribution in [0.2, 0.25) is 5.02 Å². The van der Waals surface area contributed by atoms with Gasteiger partial charge < -0.3 is 20.2 Å². The highest BCUT2D eigenvalue weighted by Crippen LogP contribution is 2.22. The Hall–Kier alpha value is -5.55. The fourth-order valence-corrected chi connectivity index (χ4v) is 4.29. The summed E-state index contributed by atoms with van der Waals surface area (Å²) in [5, 5.41) is 2.98. The predicted octanol–water partition coefficient (Wildman–Crippen LogP) is 4.11. The largest absolute Gasteiger partial charge is 0.465 e. The molecular formula is C30H22ClN5O6. The second-order valence-electron chi connectivity index (χ2n) is 8.98. The highest BCUT2D eigenvalue weighted by atomic mass is 35.5. The highest BCUT2D eigenvalue weighted by molar-refractivity contribution is 6.30. The number of hydrogen-bond acceptors (Lipinski definition) is 9. The van der Waals surface area contributed by atoms with Crippen molar-refractivity contribution in [3.8, 4) is 11.4 Å². The zero-order valence-electron chi connectivity index (χ0n) is 22.0. The van der Waals surface area contributed by atoms with E-state index >= 15 is 0 Å². The lowest BCUT2D eigenvalue weighted by atomic mass is 10.1. The van der Waals surface area contributed by atoms with E-state index in [0.717, 1.165) is 4.57 Å². The first-order chi connectivity index (χ1) is 20.2. The van der Waals surface area contributed by atoms with E-state index in [4.69, 9.17) is 26.5 Å². The van der Waals surface area contributed by atoms with Gasteiger partial charge in [0.05, 0.1) is 24.6 Å². The number of carbonyl (C=O) groups excluding carboxylic acids is 3. The van der Waals surface area contributed by atoms with Crippen LogP contribution in [-0.2, 0) is 16.1 Å². The van der Waals surface area contributed by atoms with Crippen LogP contribution >= 0.6 is 11.6 Å². The minimum Gasteiger partial charge on any atom is -0.465 e. The minimum atomic E-state index is -0.740. The van der Waals surface area contributed by atoms with Gasteiger partial charge in [-0.2, -0.15) is 0 Å². The predicted molar refractivity (Wildman–Crippen MR) is 156 cm³/mol. The van der Waals surface area contributed by atoms with Gasteiger partial charge >= 0.3 is 5.97 Å². The maximum atomic E-state index is 13.6. The van der Waals surface area contributed by atoms with E-state index in [2.05, 4.69) is 15.3 Å². The van der Waals surface area contributed by atoms with Crippen molar-refractivity contribution >= 4 is 52.1 Å². The molecule has 0 saturated carbocycles. The molecule has 0 aliphatic carbocycles. The quantitative estimate of drug-likeness (QED) is 0.156. The smallest absolute Gasteiger partial charge is 0.337 e. The number of nitrogens with one attached hydrogen (secondary N) is 1. The third kappa shape index (κ3) is 5.96. The zero-order valence-corrected chi connectivity index (χ0v) is 22.8. The number of fused-ring (bicyclic) bond motifs is 1. The molecule has 3 N–H and O–H groups in total. The number of anilines is 1. The van der Waals surface area contributed by atoms with Gasteiger partial charge in [-0.05, 0) is 42.0 Å². The van der Waals surface area contributed by atoms with E-state index < -0.39 is 29.8 Å². The van der Waals surface area contributed by atoms with Crippen LogP contribution in [0.15, 0.2) is 93.9 Å². The number of nitrogens with zero attached hydrogens (tertiary/aromatic N) is 3. The van der Waals surface area contributed by atoms with Crippen molar-refractivity contribution in [2.75, 3.05) is 12.8 Å². The van der Waals surface area contributed by atoms with E-state index in [1.165, 1.54) is 37.6 Å². The van der Waals surface area contributed by atoms with E-state index in [1.807, 2.05) is 0 Å². The van der Waals surface area contributed by atoms with Crippen LogP contribution in [0.1, 0.15) is 26.6 Å². The van der Waals surface area contributed by atoms with Gasteiger partial charge in [0.25, 0.3) is 17.2 Å². The lowest BCUT2D eigenvalue weighted by Crippen LogP contribution is -2.35. The lowest BCUT2D eigenvalue weighted by Gasteiger charge is -2.14. The Labute approximate surface area is 243 Å². The van der Waals surface area contributed by atoms with Gasteiger partial charge in [0.15, 0.2) is 5.58 Å². The van der Waals surface area contributed by atoms with Crippen LogP contribution in [0.3, 0.4) is 0 Å². The topological polar surface area (TPSA) is 159 Å². The molecule has 0 aliphatic rings. The minimum absolute atomic E-state index is 0.159. The normalized spacial score (nSPS) is 11.3. The molecule has 2 heterocycles. The number of esters is 1. The average Bonchev–Trinajstić information content (AvgIpc) is 3.42. The maximum Gasteiger partial charge on any atom is 0.337 e. The van der Waals surface area contributed by atoms with Crippen molar-refractivity contribution in [3.05, 3.63) is 117 Å². The number of carbonyl (C=O) groups is 3. The summed E-state index contributed by atoms with van der Waals surface area (Å²) in [7, 11) is 1.25. The molecule has 42 heavy (non-hydrogen) atoms. The Morgan fingerprint density at radius 3 is 2.60 bits per heavy atom. The number of oxazole rings is 1. The molecule has 0 spiro atoms. The van der Waals surface area contributed by atoms with Gasteiger partial charge in [-0.3, -0.25) is 19.0 Å². The Morgan fingerprint density at radius 1 is 1.07 bits per heavy atom. The summed E-state index contributed by atoms with van der Waals surface area (Å²) in [5.41, 5.74) is 6.64. The summed E-state index contributed by atoms with van der Waals surface area (Å²) in [5.74, 6) is -2.19. The van der Waals surface area contributed by atoms with Crippen molar-refractivity contribution in [2.24, 2.45) is 0 Å². The molecule has 5 aromatic rings. The average molecular weight is 584 g/mol. The standard InChI is InChI=1S/C30H22ClN5O6/c1-41-30(40)19-10-11-24-22(14-19)35-28(42-24)26(38)23(12-17-6-3-2-4-7-17)34-25(37)16-36-27(33-15-21(32)29(36)39)18-8-5-9-20(31)13-18/h2-15H,16,32H2,1H3,(H,34,37). The number of allylic oxidation sites excluding steroid dienone is 1. The maximum absolute atomic E-state index is 13.6. The third-order valence-electron chi connectivity index (χ3n) is 6.09. The lowest BCUT2D eigenvalue weighted by molar-refractivity contribution is -0.120. The van der Waals surface area contributed by atoms with Gasteiger partial charge in [0, 0.05) is 10.6 Å². The van der Waals surface area contributed by atoms with Crippen LogP contribution in [0.5, 0.6) is 0 Å². The fraction of sp³-hybridized carbons (Fsp3) is 0.0667. The van der Waals surface area contributed by atoms with Gasteiger partial charge in [-0.15, -0.1) is 0 Å². The van der Waals surface area contributed by atoms with Gasteiger partial charge in [-0.25, -0.2) is 14.8 Å². The Morgan fingerprint density at radius 2 is 1.86 bits per heavy atom. The molecule has 0 fully saturated rings. The van der Waals surface area contributed by atoms with E-state index in [1.54, 1.807) is 54.6 Å². The summed E-state index contributed by atoms with van der Waals surface area (Å²) < 4.78 is 11.5. The molecule has 0 atom stereocenters. The number of ketones is 1. The summed E-state index contributed by atoms with van der Waals surface area (Å²) in [6, 6.07) is 19.8. The highest BCUT2D eigenvalue weighted by Gasteiger charge is 2.23. The monoisotopic (exact) mass is 583 g/mol. The first kappa shape index (κ1) is 28.0.